The first-order valence-electron chi connectivity index (χ1n) is 8.65. The lowest BCUT2D eigenvalue weighted by molar-refractivity contribution is -0.139. The van der Waals surface area contributed by atoms with Crippen LogP contribution in [0.1, 0.15) is 42.6 Å². The summed E-state index contributed by atoms with van der Waals surface area (Å²) in [6.07, 6.45) is -0.00802. The Kier molecular flexibility index (Phi) is 6.34. The molecule has 0 saturated carbocycles. The molecule has 0 bridgehead atoms. The first-order chi connectivity index (χ1) is 12.7. The summed E-state index contributed by atoms with van der Waals surface area (Å²) in [5.41, 5.74) is 1.88. The van der Waals surface area contributed by atoms with Gasteiger partial charge in [0.15, 0.2) is 0 Å². The van der Waals surface area contributed by atoms with Crippen LogP contribution in [0, 0.1) is 12.3 Å². The summed E-state index contributed by atoms with van der Waals surface area (Å²) in [6, 6.07) is 14.1. The summed E-state index contributed by atoms with van der Waals surface area (Å²) >= 11 is 0. The Morgan fingerprint density at radius 3 is 2.26 bits per heavy atom. The number of benzene rings is 2. The fourth-order valence-corrected chi connectivity index (χ4v) is 2.73. The average Bonchev–Trinajstić information content (AvgIpc) is 2.56. The number of carboxylic acid groups (broad SMARTS) is 1. The molecule has 2 aromatic rings. The van der Waals surface area contributed by atoms with Crippen molar-refractivity contribution >= 4 is 29.2 Å². The summed E-state index contributed by atoms with van der Waals surface area (Å²) in [7, 11) is 0. The number of carboxylic acids is 1. The van der Waals surface area contributed by atoms with Crippen LogP contribution >= 0.6 is 0 Å². The van der Waals surface area contributed by atoms with E-state index in [1.165, 1.54) is 0 Å². The third-order valence-corrected chi connectivity index (χ3v) is 4.07. The lowest BCUT2D eigenvalue weighted by Gasteiger charge is -2.22. The van der Waals surface area contributed by atoms with Crippen LogP contribution in [0.2, 0.25) is 0 Å². The van der Waals surface area contributed by atoms with Crippen molar-refractivity contribution in [3.8, 4) is 0 Å². The van der Waals surface area contributed by atoms with Gasteiger partial charge in [-0.05, 0) is 42.2 Å². The third kappa shape index (κ3) is 6.26. The van der Waals surface area contributed by atoms with Crippen molar-refractivity contribution in [1.29, 1.82) is 0 Å². The molecule has 2 amide bonds. The molecule has 0 aliphatic rings. The van der Waals surface area contributed by atoms with Gasteiger partial charge in [0.05, 0.1) is 6.42 Å². The van der Waals surface area contributed by atoms with Gasteiger partial charge in [0, 0.05) is 23.4 Å². The van der Waals surface area contributed by atoms with E-state index in [0.717, 1.165) is 5.56 Å². The van der Waals surface area contributed by atoms with Gasteiger partial charge < -0.3 is 15.7 Å². The van der Waals surface area contributed by atoms with Crippen molar-refractivity contribution in [3.05, 3.63) is 59.7 Å². The predicted molar refractivity (Wildman–Crippen MR) is 105 cm³/mol. The van der Waals surface area contributed by atoms with Crippen LogP contribution in [0.3, 0.4) is 0 Å². The molecule has 0 saturated heterocycles. The van der Waals surface area contributed by atoms with Gasteiger partial charge in [-0.25, -0.2) is 0 Å². The standard InChI is InChI=1S/C21H24N2O4/c1-14-9-10-16(22-20(27)15-7-5-4-6-8-15)11-17(14)23-18(24)12-21(2,3)13-19(25)26/h4-11H,12-13H2,1-3H3,(H,22,27)(H,23,24)(H,25,26). The van der Waals surface area contributed by atoms with E-state index in [2.05, 4.69) is 10.6 Å². The number of hydrogen-bond donors (Lipinski definition) is 3. The molecule has 0 aliphatic carbocycles. The second-order valence-corrected chi connectivity index (χ2v) is 7.31. The van der Waals surface area contributed by atoms with E-state index in [9.17, 15) is 14.4 Å². The minimum atomic E-state index is -0.936. The number of hydrogen-bond acceptors (Lipinski definition) is 3. The maximum absolute atomic E-state index is 12.3. The monoisotopic (exact) mass is 368 g/mol. The van der Waals surface area contributed by atoms with Crippen molar-refractivity contribution in [2.45, 2.75) is 33.6 Å². The number of aryl methyl sites for hydroxylation is 1. The van der Waals surface area contributed by atoms with Crippen LogP contribution in [-0.2, 0) is 9.59 Å². The molecule has 6 nitrogen and oxygen atoms in total. The van der Waals surface area contributed by atoms with Crippen LogP contribution in [0.5, 0.6) is 0 Å². The van der Waals surface area contributed by atoms with Crippen molar-refractivity contribution < 1.29 is 19.5 Å². The lowest BCUT2D eigenvalue weighted by atomic mass is 9.85. The minimum absolute atomic E-state index is 0.0827. The molecule has 6 heteroatoms. The van der Waals surface area contributed by atoms with Crippen molar-refractivity contribution in [3.63, 3.8) is 0 Å². The van der Waals surface area contributed by atoms with Gasteiger partial charge >= 0.3 is 5.97 Å². The molecule has 3 N–H and O–H groups in total. The number of anilines is 2. The lowest BCUT2D eigenvalue weighted by Crippen LogP contribution is -2.25. The molecule has 0 radical (unpaired) electrons. The molecule has 142 valence electrons. The van der Waals surface area contributed by atoms with E-state index in [1.54, 1.807) is 56.3 Å². The SMILES string of the molecule is Cc1ccc(NC(=O)c2ccccc2)cc1NC(=O)CC(C)(C)CC(=O)O. The number of amides is 2. The molecule has 0 fully saturated rings. The zero-order valence-corrected chi connectivity index (χ0v) is 15.7. The summed E-state index contributed by atoms with van der Waals surface area (Å²) in [6.45, 7) is 5.33. The highest BCUT2D eigenvalue weighted by molar-refractivity contribution is 6.04. The van der Waals surface area contributed by atoms with Crippen LogP contribution in [0.15, 0.2) is 48.5 Å². The highest BCUT2D eigenvalue weighted by Gasteiger charge is 2.25. The molecule has 2 rings (SSSR count). The van der Waals surface area contributed by atoms with Gasteiger partial charge in [0.25, 0.3) is 5.91 Å². The van der Waals surface area contributed by atoms with Crippen molar-refractivity contribution in [2.75, 3.05) is 10.6 Å². The molecule has 0 unspecified atom stereocenters. The molecule has 27 heavy (non-hydrogen) atoms. The minimum Gasteiger partial charge on any atom is -0.481 e. The third-order valence-electron chi connectivity index (χ3n) is 4.07. The van der Waals surface area contributed by atoms with Crippen LogP contribution < -0.4 is 10.6 Å². The quantitative estimate of drug-likeness (QED) is 0.686. The fourth-order valence-electron chi connectivity index (χ4n) is 2.73. The van der Waals surface area contributed by atoms with E-state index >= 15 is 0 Å². The Bertz CT molecular complexity index is 845. The molecule has 0 aliphatic heterocycles. The topological polar surface area (TPSA) is 95.5 Å². The van der Waals surface area contributed by atoms with Gasteiger partial charge in [-0.15, -0.1) is 0 Å². The molecular formula is C21H24N2O4. The highest BCUT2D eigenvalue weighted by Crippen LogP contribution is 2.27. The van der Waals surface area contributed by atoms with Gasteiger partial charge in [0.2, 0.25) is 5.91 Å². The van der Waals surface area contributed by atoms with Crippen molar-refractivity contribution in [2.24, 2.45) is 5.41 Å². The first-order valence-corrected chi connectivity index (χ1v) is 8.65. The molecule has 0 atom stereocenters. The van der Waals surface area contributed by atoms with Crippen LogP contribution in [-0.4, -0.2) is 22.9 Å². The Morgan fingerprint density at radius 1 is 0.963 bits per heavy atom. The molecule has 0 heterocycles. The first kappa shape index (κ1) is 20.2. The van der Waals surface area contributed by atoms with Gasteiger partial charge in [0.1, 0.15) is 0 Å². The summed E-state index contributed by atoms with van der Waals surface area (Å²) in [5.74, 6) is -1.44. The smallest absolute Gasteiger partial charge is 0.303 e. The predicted octanol–water partition coefficient (Wildman–Crippen LogP) is 4.08. The highest BCUT2D eigenvalue weighted by atomic mass is 16.4. The Morgan fingerprint density at radius 2 is 1.63 bits per heavy atom. The fraction of sp³-hybridized carbons (Fsp3) is 0.286. The largest absolute Gasteiger partial charge is 0.481 e. The van der Waals surface area contributed by atoms with Gasteiger partial charge in [-0.1, -0.05) is 38.1 Å². The Balaban J connectivity index is 2.07. The van der Waals surface area contributed by atoms with E-state index in [4.69, 9.17) is 5.11 Å². The zero-order valence-electron chi connectivity index (χ0n) is 15.7. The number of rotatable bonds is 7. The zero-order chi connectivity index (χ0) is 20.0. The number of carbonyl (C=O) groups excluding carboxylic acids is 2. The van der Waals surface area contributed by atoms with E-state index < -0.39 is 11.4 Å². The number of nitrogens with one attached hydrogen (secondary N) is 2. The maximum atomic E-state index is 12.3. The molecule has 0 aromatic heterocycles. The second-order valence-electron chi connectivity index (χ2n) is 7.31. The molecule has 2 aromatic carbocycles. The molecule has 0 spiro atoms. The Hall–Kier alpha value is -3.15. The average molecular weight is 368 g/mol. The van der Waals surface area contributed by atoms with E-state index in [1.807, 2.05) is 13.0 Å². The Labute approximate surface area is 158 Å². The van der Waals surface area contributed by atoms with E-state index in [-0.39, 0.29) is 24.7 Å². The molecular weight excluding hydrogens is 344 g/mol. The summed E-state index contributed by atoms with van der Waals surface area (Å²) in [5, 5.41) is 14.6. The van der Waals surface area contributed by atoms with E-state index in [0.29, 0.717) is 16.9 Å². The second kappa shape index (κ2) is 8.49. The number of carbonyl (C=O) groups is 3. The van der Waals surface area contributed by atoms with Crippen LogP contribution in [0.4, 0.5) is 11.4 Å². The van der Waals surface area contributed by atoms with Crippen molar-refractivity contribution in [1.82, 2.24) is 0 Å². The van der Waals surface area contributed by atoms with Gasteiger partial charge in [-0.2, -0.15) is 0 Å². The van der Waals surface area contributed by atoms with Gasteiger partial charge in [-0.3, -0.25) is 14.4 Å². The van der Waals surface area contributed by atoms with Crippen LogP contribution in [0.25, 0.3) is 0 Å². The summed E-state index contributed by atoms with van der Waals surface area (Å²) < 4.78 is 0. The normalized spacial score (nSPS) is 10.9. The summed E-state index contributed by atoms with van der Waals surface area (Å²) in [4.78, 5) is 35.5. The maximum Gasteiger partial charge on any atom is 0.303 e. The number of aliphatic carboxylic acids is 1.